The van der Waals surface area contributed by atoms with Gasteiger partial charge in [0.1, 0.15) is 0 Å². The number of rotatable bonds is 2. The lowest BCUT2D eigenvalue weighted by Crippen LogP contribution is -2.03. The van der Waals surface area contributed by atoms with E-state index in [0.717, 1.165) is 36.3 Å². The lowest BCUT2D eigenvalue weighted by molar-refractivity contribution is 0.177. The van der Waals surface area contributed by atoms with Crippen LogP contribution in [0.1, 0.15) is 30.4 Å². The lowest BCUT2D eigenvalue weighted by atomic mass is 9.97. The van der Waals surface area contributed by atoms with E-state index < -0.39 is 0 Å². The summed E-state index contributed by atoms with van der Waals surface area (Å²) in [6.45, 7) is 2.04. The summed E-state index contributed by atoms with van der Waals surface area (Å²) < 4.78 is 0. The van der Waals surface area contributed by atoms with Crippen molar-refractivity contribution in [2.24, 2.45) is 5.92 Å². The van der Waals surface area contributed by atoms with Gasteiger partial charge in [-0.2, -0.15) is 0 Å². The first-order valence-electron chi connectivity index (χ1n) is 5.58. The van der Waals surface area contributed by atoms with E-state index in [1.807, 2.05) is 13.0 Å². The van der Waals surface area contributed by atoms with Crippen LogP contribution < -0.4 is 0 Å². The molecule has 1 aliphatic carbocycles. The number of aliphatic hydroxyl groups excluding tert-OH is 1. The first kappa shape index (κ1) is 11.0. The number of halogens is 1. The Bertz CT molecular complexity index is 348. The molecule has 15 heavy (non-hydrogen) atoms. The third-order valence-electron chi connectivity index (χ3n) is 3.26. The molecule has 0 aromatic heterocycles. The molecular weight excluding hydrogens is 208 g/mol. The van der Waals surface area contributed by atoms with Gasteiger partial charge in [-0.25, -0.2) is 0 Å². The molecule has 0 aliphatic heterocycles. The van der Waals surface area contributed by atoms with Gasteiger partial charge in [-0.1, -0.05) is 23.7 Å². The van der Waals surface area contributed by atoms with Crippen LogP contribution in [0.25, 0.3) is 0 Å². The van der Waals surface area contributed by atoms with Crippen molar-refractivity contribution in [1.82, 2.24) is 0 Å². The summed E-state index contributed by atoms with van der Waals surface area (Å²) >= 11 is 5.98. The van der Waals surface area contributed by atoms with E-state index in [9.17, 15) is 5.11 Å². The monoisotopic (exact) mass is 224 g/mol. The Morgan fingerprint density at radius 2 is 2.20 bits per heavy atom. The molecule has 0 bridgehead atoms. The molecule has 2 unspecified atom stereocenters. The quantitative estimate of drug-likeness (QED) is 0.817. The van der Waals surface area contributed by atoms with Crippen LogP contribution in [0.3, 0.4) is 0 Å². The van der Waals surface area contributed by atoms with Crippen molar-refractivity contribution in [1.29, 1.82) is 0 Å². The Hall–Kier alpha value is -0.530. The van der Waals surface area contributed by atoms with Gasteiger partial charge in [-0.15, -0.1) is 0 Å². The van der Waals surface area contributed by atoms with Crippen LogP contribution in [-0.4, -0.2) is 11.2 Å². The van der Waals surface area contributed by atoms with Crippen molar-refractivity contribution < 1.29 is 5.11 Å². The fourth-order valence-electron chi connectivity index (χ4n) is 2.40. The number of hydrogen-bond acceptors (Lipinski definition) is 1. The van der Waals surface area contributed by atoms with Gasteiger partial charge in [0.25, 0.3) is 0 Å². The lowest BCUT2D eigenvalue weighted by Gasteiger charge is -2.10. The van der Waals surface area contributed by atoms with Crippen LogP contribution in [0, 0.1) is 12.8 Å². The zero-order chi connectivity index (χ0) is 10.8. The number of benzene rings is 1. The maximum absolute atomic E-state index is 9.46. The first-order valence-corrected chi connectivity index (χ1v) is 5.96. The molecule has 0 heterocycles. The van der Waals surface area contributed by atoms with Crippen LogP contribution in [0.5, 0.6) is 0 Å². The molecule has 0 saturated heterocycles. The minimum absolute atomic E-state index is 0.0663. The van der Waals surface area contributed by atoms with E-state index in [4.69, 9.17) is 11.6 Å². The molecule has 1 aromatic rings. The van der Waals surface area contributed by atoms with E-state index >= 15 is 0 Å². The standard InChI is InChI=1S/C13H17ClO/c1-9-6-10(3-5-13(9)14)7-11-2-4-12(15)8-11/h3,5-6,11-12,15H,2,4,7-8H2,1H3. The predicted molar refractivity (Wildman–Crippen MR) is 63.2 cm³/mol. The topological polar surface area (TPSA) is 20.2 Å². The molecule has 0 radical (unpaired) electrons. The molecule has 1 saturated carbocycles. The third-order valence-corrected chi connectivity index (χ3v) is 3.68. The predicted octanol–water partition coefficient (Wildman–Crippen LogP) is 3.35. The molecule has 1 aromatic carbocycles. The first-order chi connectivity index (χ1) is 7.15. The van der Waals surface area contributed by atoms with Crippen molar-refractivity contribution in [3.63, 3.8) is 0 Å². The Labute approximate surface area is 96.1 Å². The highest BCUT2D eigenvalue weighted by Gasteiger charge is 2.22. The van der Waals surface area contributed by atoms with Crippen LogP contribution >= 0.6 is 11.6 Å². The largest absolute Gasteiger partial charge is 0.393 e. The summed E-state index contributed by atoms with van der Waals surface area (Å²) in [6.07, 6.45) is 4.10. The van der Waals surface area contributed by atoms with Gasteiger partial charge in [0.2, 0.25) is 0 Å². The Morgan fingerprint density at radius 3 is 2.80 bits per heavy atom. The molecule has 0 spiro atoms. The van der Waals surface area contributed by atoms with Gasteiger partial charge >= 0.3 is 0 Å². The Balaban J connectivity index is 2.02. The summed E-state index contributed by atoms with van der Waals surface area (Å²) in [5, 5.41) is 10.3. The van der Waals surface area contributed by atoms with Crippen LogP contribution in [0.2, 0.25) is 5.02 Å². The fraction of sp³-hybridized carbons (Fsp3) is 0.538. The SMILES string of the molecule is Cc1cc(CC2CCC(O)C2)ccc1Cl. The normalized spacial score (nSPS) is 25.8. The van der Waals surface area contributed by atoms with Crippen molar-refractivity contribution >= 4 is 11.6 Å². The smallest absolute Gasteiger partial charge is 0.0543 e. The molecule has 1 N–H and O–H groups in total. The molecule has 2 rings (SSSR count). The van der Waals surface area contributed by atoms with Gasteiger partial charge in [0.15, 0.2) is 0 Å². The highest BCUT2D eigenvalue weighted by atomic mass is 35.5. The summed E-state index contributed by atoms with van der Waals surface area (Å²) in [4.78, 5) is 0. The maximum atomic E-state index is 9.46. The van der Waals surface area contributed by atoms with Gasteiger partial charge < -0.3 is 5.11 Å². The van der Waals surface area contributed by atoms with Crippen LogP contribution in [0.15, 0.2) is 18.2 Å². The van der Waals surface area contributed by atoms with Crippen LogP contribution in [-0.2, 0) is 6.42 Å². The number of hydrogen-bond donors (Lipinski definition) is 1. The molecule has 82 valence electrons. The third kappa shape index (κ3) is 2.73. The highest BCUT2D eigenvalue weighted by molar-refractivity contribution is 6.31. The average molecular weight is 225 g/mol. The second-order valence-corrected chi connectivity index (χ2v) is 5.03. The van der Waals surface area contributed by atoms with Gasteiger partial charge in [0, 0.05) is 5.02 Å². The van der Waals surface area contributed by atoms with E-state index in [1.165, 1.54) is 5.56 Å². The summed E-state index contributed by atoms with van der Waals surface area (Å²) in [7, 11) is 0. The van der Waals surface area contributed by atoms with Crippen molar-refractivity contribution in [3.05, 3.63) is 34.3 Å². The second-order valence-electron chi connectivity index (χ2n) is 4.62. The summed E-state index contributed by atoms with van der Waals surface area (Å²) in [6, 6.07) is 6.23. The zero-order valence-electron chi connectivity index (χ0n) is 9.04. The second kappa shape index (κ2) is 4.54. The maximum Gasteiger partial charge on any atom is 0.0543 e. The number of aryl methyl sites for hydroxylation is 1. The Morgan fingerprint density at radius 1 is 1.40 bits per heavy atom. The average Bonchev–Trinajstić information content (AvgIpc) is 2.58. The summed E-state index contributed by atoms with van der Waals surface area (Å²) in [5.41, 5.74) is 2.49. The van der Waals surface area contributed by atoms with E-state index in [1.54, 1.807) is 0 Å². The fourth-order valence-corrected chi connectivity index (χ4v) is 2.52. The zero-order valence-corrected chi connectivity index (χ0v) is 9.80. The number of aliphatic hydroxyl groups is 1. The van der Waals surface area contributed by atoms with Crippen molar-refractivity contribution in [2.45, 2.75) is 38.7 Å². The van der Waals surface area contributed by atoms with Gasteiger partial charge in [0.05, 0.1) is 6.10 Å². The van der Waals surface area contributed by atoms with Crippen molar-refractivity contribution in [2.75, 3.05) is 0 Å². The van der Waals surface area contributed by atoms with E-state index in [-0.39, 0.29) is 6.10 Å². The molecule has 2 atom stereocenters. The molecule has 1 nitrogen and oxygen atoms in total. The Kier molecular flexibility index (Phi) is 3.32. The molecule has 0 amide bonds. The minimum Gasteiger partial charge on any atom is -0.393 e. The van der Waals surface area contributed by atoms with Gasteiger partial charge in [-0.3, -0.25) is 0 Å². The minimum atomic E-state index is -0.0663. The van der Waals surface area contributed by atoms with Gasteiger partial charge in [-0.05, 0) is 55.7 Å². The molecule has 2 heteroatoms. The van der Waals surface area contributed by atoms with E-state index in [2.05, 4.69) is 12.1 Å². The molecule has 1 fully saturated rings. The molecule has 1 aliphatic rings. The van der Waals surface area contributed by atoms with Crippen molar-refractivity contribution in [3.8, 4) is 0 Å². The summed E-state index contributed by atoms with van der Waals surface area (Å²) in [5.74, 6) is 0.653. The van der Waals surface area contributed by atoms with E-state index in [0.29, 0.717) is 5.92 Å². The molecular formula is C13H17ClO. The highest BCUT2D eigenvalue weighted by Crippen LogP contribution is 2.29. The van der Waals surface area contributed by atoms with Crippen LogP contribution in [0.4, 0.5) is 0 Å².